The lowest BCUT2D eigenvalue weighted by molar-refractivity contribution is -0.137. The van der Waals surface area contributed by atoms with Crippen LogP contribution < -0.4 is 14.2 Å². The molecule has 0 radical (unpaired) electrons. The Morgan fingerprint density at radius 1 is 1.12 bits per heavy atom. The van der Waals surface area contributed by atoms with E-state index in [1.54, 1.807) is 32.4 Å². The van der Waals surface area contributed by atoms with Crippen molar-refractivity contribution in [1.29, 1.82) is 0 Å². The first-order valence-corrected chi connectivity index (χ1v) is 8.38. The van der Waals surface area contributed by atoms with E-state index >= 15 is 0 Å². The van der Waals surface area contributed by atoms with Crippen LogP contribution in [0.25, 0.3) is 6.08 Å². The van der Waals surface area contributed by atoms with E-state index in [2.05, 4.69) is 6.58 Å². The van der Waals surface area contributed by atoms with Crippen molar-refractivity contribution in [3.05, 3.63) is 47.6 Å². The quantitative estimate of drug-likeness (QED) is 0.347. The number of allylic oxidation sites excluding steroid dienone is 1. The predicted octanol–water partition coefficient (Wildman–Crippen LogP) is 4.57. The second kappa shape index (κ2) is 11.0. The van der Waals surface area contributed by atoms with Crippen molar-refractivity contribution >= 4 is 12.0 Å². The van der Waals surface area contributed by atoms with E-state index in [1.807, 2.05) is 26.8 Å². The summed E-state index contributed by atoms with van der Waals surface area (Å²) in [6, 6.07) is 3.55. The molecule has 5 nitrogen and oxygen atoms in total. The van der Waals surface area contributed by atoms with Gasteiger partial charge in [0.25, 0.3) is 0 Å². The SMILES string of the molecule is C=C(C)CCOC(=O)C=Cc1cc(OC)c(OCC=C(C)C)c(OC)c1. The second-order valence-corrected chi connectivity index (χ2v) is 6.05. The van der Waals surface area contributed by atoms with Crippen molar-refractivity contribution in [2.75, 3.05) is 27.4 Å². The lowest BCUT2D eigenvalue weighted by atomic mass is 10.1. The molecule has 0 aliphatic heterocycles. The number of rotatable bonds is 10. The standard InChI is InChI=1S/C21H28O5/c1-15(2)9-11-25-20(22)8-7-17-13-18(23-5)21(19(14-17)24-6)26-12-10-16(3)4/h7-8,10,13-14H,1,9,11-12H2,2-6H3. The summed E-state index contributed by atoms with van der Waals surface area (Å²) in [4.78, 5) is 11.7. The molecule has 142 valence electrons. The maximum absolute atomic E-state index is 11.7. The Kier molecular flexibility index (Phi) is 9.06. The van der Waals surface area contributed by atoms with Crippen LogP contribution in [0.2, 0.25) is 0 Å². The van der Waals surface area contributed by atoms with E-state index in [1.165, 1.54) is 6.08 Å². The Morgan fingerprint density at radius 3 is 2.23 bits per heavy atom. The molecule has 5 heteroatoms. The van der Waals surface area contributed by atoms with Gasteiger partial charge in [0, 0.05) is 12.5 Å². The summed E-state index contributed by atoms with van der Waals surface area (Å²) in [5, 5.41) is 0. The van der Waals surface area contributed by atoms with Gasteiger partial charge in [-0.15, -0.1) is 6.58 Å². The molecule has 0 spiro atoms. The molecular weight excluding hydrogens is 332 g/mol. The third kappa shape index (κ3) is 7.47. The van der Waals surface area contributed by atoms with Gasteiger partial charge in [-0.05, 0) is 50.6 Å². The third-order valence-corrected chi connectivity index (χ3v) is 3.39. The molecule has 0 bridgehead atoms. The predicted molar refractivity (Wildman–Crippen MR) is 104 cm³/mol. The zero-order chi connectivity index (χ0) is 19.5. The second-order valence-electron chi connectivity index (χ2n) is 6.05. The van der Waals surface area contributed by atoms with Crippen LogP contribution in [0, 0.1) is 0 Å². The van der Waals surface area contributed by atoms with E-state index in [-0.39, 0.29) is 0 Å². The van der Waals surface area contributed by atoms with Gasteiger partial charge in [0.1, 0.15) is 6.61 Å². The first-order valence-electron chi connectivity index (χ1n) is 8.38. The van der Waals surface area contributed by atoms with Crippen LogP contribution in [0.4, 0.5) is 0 Å². The minimum absolute atomic E-state index is 0.322. The topological polar surface area (TPSA) is 54.0 Å². The van der Waals surface area contributed by atoms with Crippen LogP contribution in [0.15, 0.2) is 42.0 Å². The number of carbonyl (C=O) groups is 1. The highest BCUT2D eigenvalue weighted by Crippen LogP contribution is 2.39. The van der Waals surface area contributed by atoms with Gasteiger partial charge in [-0.2, -0.15) is 0 Å². The summed E-state index contributed by atoms with van der Waals surface area (Å²) in [6.45, 7) is 10.4. The van der Waals surface area contributed by atoms with E-state index in [0.717, 1.165) is 16.7 Å². The Labute approximate surface area is 155 Å². The lowest BCUT2D eigenvalue weighted by Crippen LogP contribution is -2.02. The van der Waals surface area contributed by atoms with Gasteiger partial charge in [0.15, 0.2) is 11.5 Å². The summed E-state index contributed by atoms with van der Waals surface area (Å²) >= 11 is 0. The molecule has 0 saturated heterocycles. The van der Waals surface area contributed by atoms with Crippen LogP contribution in [-0.4, -0.2) is 33.4 Å². The molecule has 0 aliphatic rings. The third-order valence-electron chi connectivity index (χ3n) is 3.39. The van der Waals surface area contributed by atoms with Crippen LogP contribution in [0.3, 0.4) is 0 Å². The van der Waals surface area contributed by atoms with Crippen molar-refractivity contribution in [3.8, 4) is 17.2 Å². The Hall–Kier alpha value is -2.69. The maximum atomic E-state index is 11.7. The number of ether oxygens (including phenoxy) is 4. The normalized spacial score (nSPS) is 10.3. The number of methoxy groups -OCH3 is 2. The zero-order valence-corrected chi connectivity index (χ0v) is 16.3. The fourth-order valence-electron chi connectivity index (χ4n) is 1.97. The summed E-state index contributed by atoms with van der Waals surface area (Å²) in [5.74, 6) is 1.17. The average molecular weight is 360 g/mol. The molecule has 0 saturated carbocycles. The molecule has 0 fully saturated rings. The van der Waals surface area contributed by atoms with Crippen molar-refractivity contribution < 1.29 is 23.7 Å². The number of hydrogen-bond donors (Lipinski definition) is 0. The highest BCUT2D eigenvalue weighted by atomic mass is 16.5. The minimum Gasteiger partial charge on any atom is -0.493 e. The Morgan fingerprint density at radius 2 is 1.73 bits per heavy atom. The van der Waals surface area contributed by atoms with Gasteiger partial charge in [0.2, 0.25) is 5.75 Å². The minimum atomic E-state index is -0.409. The van der Waals surface area contributed by atoms with Crippen LogP contribution >= 0.6 is 0 Å². The zero-order valence-electron chi connectivity index (χ0n) is 16.3. The number of benzene rings is 1. The molecule has 0 heterocycles. The molecule has 26 heavy (non-hydrogen) atoms. The van der Waals surface area contributed by atoms with Crippen LogP contribution in [0.1, 0.15) is 32.8 Å². The highest BCUT2D eigenvalue weighted by molar-refractivity contribution is 5.87. The van der Waals surface area contributed by atoms with Gasteiger partial charge in [-0.25, -0.2) is 4.79 Å². The van der Waals surface area contributed by atoms with Crippen LogP contribution in [-0.2, 0) is 9.53 Å². The van der Waals surface area contributed by atoms with E-state index < -0.39 is 5.97 Å². The molecule has 1 aromatic carbocycles. The smallest absolute Gasteiger partial charge is 0.330 e. The lowest BCUT2D eigenvalue weighted by Gasteiger charge is -2.14. The Balaban J connectivity index is 2.90. The first kappa shape index (κ1) is 21.4. The van der Waals surface area contributed by atoms with Gasteiger partial charge in [0.05, 0.1) is 20.8 Å². The summed E-state index contributed by atoms with van der Waals surface area (Å²) in [5.41, 5.74) is 2.87. The molecular formula is C21H28O5. The van der Waals surface area contributed by atoms with Gasteiger partial charge < -0.3 is 18.9 Å². The van der Waals surface area contributed by atoms with Crippen LogP contribution in [0.5, 0.6) is 17.2 Å². The van der Waals surface area contributed by atoms with Crippen molar-refractivity contribution in [3.63, 3.8) is 0 Å². The molecule has 0 N–H and O–H groups in total. The fraction of sp³-hybridized carbons (Fsp3) is 0.381. The molecule has 1 aromatic rings. The maximum Gasteiger partial charge on any atom is 0.330 e. The highest BCUT2D eigenvalue weighted by Gasteiger charge is 2.13. The van der Waals surface area contributed by atoms with Crippen molar-refractivity contribution in [2.24, 2.45) is 0 Å². The van der Waals surface area contributed by atoms with Gasteiger partial charge in [-0.3, -0.25) is 0 Å². The van der Waals surface area contributed by atoms with E-state index in [0.29, 0.717) is 36.9 Å². The molecule has 0 aliphatic carbocycles. The van der Waals surface area contributed by atoms with E-state index in [9.17, 15) is 4.79 Å². The fourth-order valence-corrected chi connectivity index (χ4v) is 1.97. The molecule has 0 atom stereocenters. The molecule has 0 unspecified atom stereocenters. The van der Waals surface area contributed by atoms with E-state index in [4.69, 9.17) is 18.9 Å². The molecule has 0 aromatic heterocycles. The Bertz CT molecular complexity index is 657. The number of hydrogen-bond acceptors (Lipinski definition) is 5. The average Bonchev–Trinajstić information content (AvgIpc) is 2.59. The monoisotopic (exact) mass is 360 g/mol. The summed E-state index contributed by atoms with van der Waals surface area (Å²) in [6.07, 6.45) is 5.64. The number of esters is 1. The van der Waals surface area contributed by atoms with Gasteiger partial charge >= 0.3 is 5.97 Å². The molecule has 0 amide bonds. The number of carbonyl (C=O) groups excluding carboxylic acids is 1. The van der Waals surface area contributed by atoms with Crippen molar-refractivity contribution in [2.45, 2.75) is 27.2 Å². The largest absolute Gasteiger partial charge is 0.493 e. The van der Waals surface area contributed by atoms with Crippen molar-refractivity contribution in [1.82, 2.24) is 0 Å². The first-order chi connectivity index (χ1) is 12.4. The van der Waals surface area contributed by atoms with Gasteiger partial charge in [-0.1, -0.05) is 11.1 Å². The summed E-state index contributed by atoms with van der Waals surface area (Å²) < 4.78 is 21.7. The molecule has 1 rings (SSSR count). The summed E-state index contributed by atoms with van der Waals surface area (Å²) in [7, 11) is 3.11.